The van der Waals surface area contributed by atoms with Gasteiger partial charge >= 0.3 is 12.1 Å². The predicted octanol–water partition coefficient (Wildman–Crippen LogP) is 2.77. The maximum absolute atomic E-state index is 12.7. The first-order chi connectivity index (χ1) is 8.88. The lowest BCUT2D eigenvalue weighted by molar-refractivity contribution is -0.138. The number of aromatic carboxylic acids is 1. The van der Waals surface area contributed by atoms with E-state index >= 15 is 0 Å². The van der Waals surface area contributed by atoms with Gasteiger partial charge in [-0.25, -0.2) is 4.79 Å². The summed E-state index contributed by atoms with van der Waals surface area (Å²) in [5.41, 5.74) is -1.83. The van der Waals surface area contributed by atoms with Crippen LogP contribution in [0.4, 0.5) is 13.2 Å². The van der Waals surface area contributed by atoms with Gasteiger partial charge in [-0.15, -0.1) is 0 Å². The number of aromatic nitrogens is 1. The van der Waals surface area contributed by atoms with Crippen molar-refractivity contribution in [2.24, 2.45) is 0 Å². The van der Waals surface area contributed by atoms with Crippen molar-refractivity contribution >= 4 is 5.97 Å². The van der Waals surface area contributed by atoms with Gasteiger partial charge in [-0.1, -0.05) is 0 Å². The average molecular weight is 277 g/mol. The first kappa shape index (κ1) is 13.9. The molecule has 7 heteroatoms. The predicted molar refractivity (Wildman–Crippen MR) is 60.0 cm³/mol. The first-order valence-electron chi connectivity index (χ1n) is 6.00. The van der Waals surface area contributed by atoms with E-state index in [0.29, 0.717) is 6.61 Å². The summed E-state index contributed by atoms with van der Waals surface area (Å²) in [7, 11) is 0. The number of alkyl halides is 3. The molecule has 0 spiro atoms. The molecule has 1 fully saturated rings. The normalized spacial score (nSPS) is 20.5. The molecular weight excluding hydrogens is 263 g/mol. The fraction of sp³-hybridized carbons (Fsp3) is 0.583. The quantitative estimate of drug-likeness (QED) is 0.924. The Kier molecular flexibility index (Phi) is 3.84. The molecule has 4 nitrogen and oxygen atoms in total. The minimum Gasteiger partial charge on any atom is -0.478 e. The SMILES string of the molecule is O=C(O)c1cn(CC2CCCCO2)cc1C(F)(F)F. The van der Waals surface area contributed by atoms with Crippen molar-refractivity contribution < 1.29 is 27.8 Å². The van der Waals surface area contributed by atoms with Gasteiger partial charge in [0.15, 0.2) is 0 Å². The second-order valence-corrected chi connectivity index (χ2v) is 4.57. The van der Waals surface area contributed by atoms with Gasteiger partial charge in [0.1, 0.15) is 0 Å². The summed E-state index contributed by atoms with van der Waals surface area (Å²) in [5, 5.41) is 8.80. The van der Waals surface area contributed by atoms with Crippen LogP contribution in [0.3, 0.4) is 0 Å². The number of halogens is 3. The molecule has 0 aromatic carbocycles. The van der Waals surface area contributed by atoms with Crippen LogP contribution in [-0.2, 0) is 17.5 Å². The standard InChI is InChI=1S/C12H14F3NO3/c13-12(14,15)10-7-16(6-9(10)11(17)18)5-8-3-1-2-4-19-8/h6-8H,1-5H2,(H,17,18). The van der Waals surface area contributed by atoms with E-state index in [1.807, 2.05) is 0 Å². The molecule has 106 valence electrons. The fourth-order valence-corrected chi connectivity index (χ4v) is 2.20. The van der Waals surface area contributed by atoms with Crippen LogP contribution in [0.1, 0.15) is 35.2 Å². The number of rotatable bonds is 3. The molecule has 0 bridgehead atoms. The van der Waals surface area contributed by atoms with E-state index in [0.717, 1.165) is 31.7 Å². The Morgan fingerprint density at radius 1 is 1.42 bits per heavy atom. The zero-order valence-corrected chi connectivity index (χ0v) is 10.1. The van der Waals surface area contributed by atoms with Gasteiger partial charge in [0.05, 0.1) is 17.2 Å². The Morgan fingerprint density at radius 2 is 2.16 bits per heavy atom. The summed E-state index contributed by atoms with van der Waals surface area (Å²) >= 11 is 0. The van der Waals surface area contributed by atoms with Gasteiger partial charge in [0.25, 0.3) is 0 Å². The van der Waals surface area contributed by atoms with Crippen molar-refractivity contribution in [3.05, 3.63) is 23.5 Å². The van der Waals surface area contributed by atoms with Gasteiger partial charge < -0.3 is 14.4 Å². The zero-order chi connectivity index (χ0) is 14.0. The molecule has 0 aliphatic carbocycles. The van der Waals surface area contributed by atoms with E-state index in [1.165, 1.54) is 4.57 Å². The van der Waals surface area contributed by atoms with Crippen LogP contribution < -0.4 is 0 Å². The molecule has 0 radical (unpaired) electrons. The third-order valence-electron chi connectivity index (χ3n) is 3.10. The molecule has 1 aliphatic rings. The molecule has 1 aromatic rings. The lowest BCUT2D eigenvalue weighted by atomic mass is 10.1. The second-order valence-electron chi connectivity index (χ2n) is 4.57. The van der Waals surface area contributed by atoms with E-state index in [4.69, 9.17) is 9.84 Å². The van der Waals surface area contributed by atoms with Gasteiger partial charge in [-0.3, -0.25) is 0 Å². The van der Waals surface area contributed by atoms with Crippen LogP contribution in [0.25, 0.3) is 0 Å². The van der Waals surface area contributed by atoms with E-state index in [1.54, 1.807) is 0 Å². The molecule has 1 aromatic heterocycles. The Labute approximate surface area is 107 Å². The maximum Gasteiger partial charge on any atom is 0.418 e. The van der Waals surface area contributed by atoms with Crippen LogP contribution in [0.2, 0.25) is 0 Å². The molecule has 2 rings (SSSR count). The molecular formula is C12H14F3NO3. The van der Waals surface area contributed by atoms with Crippen LogP contribution in [0.15, 0.2) is 12.4 Å². The van der Waals surface area contributed by atoms with E-state index in [-0.39, 0.29) is 12.6 Å². The Morgan fingerprint density at radius 3 is 2.63 bits per heavy atom. The number of hydrogen-bond acceptors (Lipinski definition) is 2. The third-order valence-corrected chi connectivity index (χ3v) is 3.10. The fourth-order valence-electron chi connectivity index (χ4n) is 2.20. The Balaban J connectivity index is 2.20. The smallest absolute Gasteiger partial charge is 0.418 e. The van der Waals surface area contributed by atoms with Crippen LogP contribution in [-0.4, -0.2) is 28.4 Å². The van der Waals surface area contributed by atoms with Crippen molar-refractivity contribution in [1.82, 2.24) is 4.57 Å². The van der Waals surface area contributed by atoms with Crippen LogP contribution in [0, 0.1) is 0 Å². The van der Waals surface area contributed by atoms with E-state index in [9.17, 15) is 18.0 Å². The topological polar surface area (TPSA) is 51.5 Å². The summed E-state index contributed by atoms with van der Waals surface area (Å²) in [5.74, 6) is -1.57. The van der Waals surface area contributed by atoms with Crippen LogP contribution in [0.5, 0.6) is 0 Å². The molecule has 19 heavy (non-hydrogen) atoms. The molecule has 1 atom stereocenters. The first-order valence-corrected chi connectivity index (χ1v) is 6.00. The number of nitrogens with zero attached hydrogens (tertiary/aromatic N) is 1. The molecule has 1 saturated heterocycles. The highest BCUT2D eigenvalue weighted by atomic mass is 19.4. The Bertz CT molecular complexity index is 461. The lowest BCUT2D eigenvalue weighted by Crippen LogP contribution is -2.23. The Hall–Kier alpha value is -1.50. The average Bonchev–Trinajstić information content (AvgIpc) is 2.74. The highest BCUT2D eigenvalue weighted by Gasteiger charge is 2.37. The number of ether oxygens (including phenoxy) is 1. The van der Waals surface area contributed by atoms with E-state index in [2.05, 4.69) is 0 Å². The highest BCUT2D eigenvalue weighted by molar-refractivity contribution is 5.89. The highest BCUT2D eigenvalue weighted by Crippen LogP contribution is 2.33. The second kappa shape index (κ2) is 5.24. The number of carboxylic acids is 1. The van der Waals surface area contributed by atoms with Crippen molar-refractivity contribution in [3.8, 4) is 0 Å². The lowest BCUT2D eigenvalue weighted by Gasteiger charge is -2.22. The molecule has 0 amide bonds. The number of carbonyl (C=O) groups is 1. The molecule has 2 heterocycles. The van der Waals surface area contributed by atoms with Crippen molar-refractivity contribution in [1.29, 1.82) is 0 Å². The summed E-state index contributed by atoms with van der Waals surface area (Å²) < 4.78 is 44.8. The molecule has 1 unspecified atom stereocenters. The summed E-state index contributed by atoms with van der Waals surface area (Å²) in [4.78, 5) is 10.8. The van der Waals surface area contributed by atoms with E-state index < -0.39 is 23.3 Å². The van der Waals surface area contributed by atoms with Crippen molar-refractivity contribution in [3.63, 3.8) is 0 Å². The number of carboxylic acid groups (broad SMARTS) is 1. The summed E-state index contributed by atoms with van der Waals surface area (Å²) in [6, 6.07) is 0. The van der Waals surface area contributed by atoms with Gasteiger partial charge in [-0.2, -0.15) is 13.2 Å². The molecule has 0 saturated carbocycles. The largest absolute Gasteiger partial charge is 0.478 e. The zero-order valence-electron chi connectivity index (χ0n) is 10.1. The molecule has 1 aliphatic heterocycles. The maximum atomic E-state index is 12.7. The third kappa shape index (κ3) is 3.28. The summed E-state index contributed by atoms with van der Waals surface area (Å²) in [6.07, 6.45) is -0.247. The molecule has 1 N–H and O–H groups in total. The minimum absolute atomic E-state index is 0.149. The van der Waals surface area contributed by atoms with Gasteiger partial charge in [-0.05, 0) is 19.3 Å². The monoisotopic (exact) mass is 277 g/mol. The van der Waals surface area contributed by atoms with Crippen molar-refractivity contribution in [2.45, 2.75) is 38.1 Å². The number of hydrogen-bond donors (Lipinski definition) is 1. The van der Waals surface area contributed by atoms with Crippen LogP contribution >= 0.6 is 0 Å². The van der Waals surface area contributed by atoms with Gasteiger partial charge in [0, 0.05) is 25.5 Å². The minimum atomic E-state index is -4.66. The summed E-state index contributed by atoms with van der Waals surface area (Å²) in [6.45, 7) is 0.847. The van der Waals surface area contributed by atoms with Gasteiger partial charge in [0.2, 0.25) is 0 Å². The van der Waals surface area contributed by atoms with Crippen molar-refractivity contribution in [2.75, 3.05) is 6.61 Å².